The standard InChI is InChI=1S/C15H20BrN5/c1-17-15(19-10-14-18-8-9-20(14)2)21(3)11-12-4-6-13(16)7-5-12/h4-9H,10-11H2,1-3H3,(H,17,19). The van der Waals surface area contributed by atoms with Gasteiger partial charge < -0.3 is 14.8 Å². The van der Waals surface area contributed by atoms with E-state index in [1.54, 1.807) is 13.2 Å². The average Bonchev–Trinajstić information content (AvgIpc) is 2.88. The van der Waals surface area contributed by atoms with Crippen LogP contribution in [0.4, 0.5) is 0 Å². The summed E-state index contributed by atoms with van der Waals surface area (Å²) in [5.41, 5.74) is 1.24. The average molecular weight is 350 g/mol. The van der Waals surface area contributed by atoms with Crippen molar-refractivity contribution < 1.29 is 0 Å². The monoisotopic (exact) mass is 349 g/mol. The van der Waals surface area contributed by atoms with E-state index in [0.29, 0.717) is 6.54 Å². The van der Waals surface area contributed by atoms with Crippen LogP contribution in [0.15, 0.2) is 46.1 Å². The molecule has 2 aromatic rings. The van der Waals surface area contributed by atoms with Gasteiger partial charge in [0.1, 0.15) is 5.82 Å². The second-order valence-corrected chi connectivity index (χ2v) is 5.75. The first-order valence-electron chi connectivity index (χ1n) is 6.72. The number of rotatable bonds is 4. The van der Waals surface area contributed by atoms with Crippen molar-refractivity contribution in [3.8, 4) is 0 Å². The van der Waals surface area contributed by atoms with E-state index in [0.717, 1.165) is 22.8 Å². The van der Waals surface area contributed by atoms with E-state index in [2.05, 4.69) is 48.3 Å². The Kier molecular flexibility index (Phi) is 5.38. The number of hydrogen-bond donors (Lipinski definition) is 1. The van der Waals surface area contributed by atoms with E-state index < -0.39 is 0 Å². The first-order chi connectivity index (χ1) is 10.1. The molecule has 0 saturated heterocycles. The van der Waals surface area contributed by atoms with Gasteiger partial charge in [-0.25, -0.2) is 4.98 Å². The Balaban J connectivity index is 1.94. The molecule has 0 unspecified atom stereocenters. The molecule has 112 valence electrons. The summed E-state index contributed by atoms with van der Waals surface area (Å²) in [6.45, 7) is 1.45. The number of benzene rings is 1. The molecule has 0 atom stereocenters. The van der Waals surface area contributed by atoms with Gasteiger partial charge in [0.2, 0.25) is 0 Å². The van der Waals surface area contributed by atoms with E-state index in [1.165, 1.54) is 5.56 Å². The van der Waals surface area contributed by atoms with Crippen molar-refractivity contribution in [2.75, 3.05) is 14.1 Å². The number of aryl methyl sites for hydroxylation is 1. The smallest absolute Gasteiger partial charge is 0.194 e. The van der Waals surface area contributed by atoms with Crippen molar-refractivity contribution in [3.63, 3.8) is 0 Å². The van der Waals surface area contributed by atoms with E-state index in [9.17, 15) is 0 Å². The highest BCUT2D eigenvalue weighted by Crippen LogP contribution is 2.11. The number of nitrogens with zero attached hydrogens (tertiary/aromatic N) is 4. The molecule has 0 spiro atoms. The van der Waals surface area contributed by atoms with Gasteiger partial charge in [-0.05, 0) is 17.7 Å². The topological polar surface area (TPSA) is 45.5 Å². The highest BCUT2D eigenvalue weighted by molar-refractivity contribution is 9.10. The number of halogens is 1. The highest BCUT2D eigenvalue weighted by Gasteiger charge is 2.08. The molecular formula is C15H20BrN5. The Morgan fingerprint density at radius 2 is 2.10 bits per heavy atom. The third-order valence-electron chi connectivity index (χ3n) is 3.23. The van der Waals surface area contributed by atoms with Gasteiger partial charge in [-0.3, -0.25) is 4.99 Å². The molecule has 0 radical (unpaired) electrons. The number of nitrogens with one attached hydrogen (secondary N) is 1. The minimum absolute atomic E-state index is 0.654. The third kappa shape index (κ3) is 4.32. The first kappa shape index (κ1) is 15.6. The molecule has 0 aliphatic heterocycles. The van der Waals surface area contributed by atoms with Gasteiger partial charge in [0, 0.05) is 44.6 Å². The van der Waals surface area contributed by atoms with Crippen LogP contribution in [0, 0.1) is 0 Å². The molecule has 0 amide bonds. The summed E-state index contributed by atoms with van der Waals surface area (Å²) in [4.78, 5) is 10.7. The molecule has 21 heavy (non-hydrogen) atoms. The van der Waals surface area contributed by atoms with Gasteiger partial charge in [-0.1, -0.05) is 28.1 Å². The zero-order valence-electron chi connectivity index (χ0n) is 12.5. The lowest BCUT2D eigenvalue weighted by atomic mass is 10.2. The van der Waals surface area contributed by atoms with Gasteiger partial charge in [-0.2, -0.15) is 0 Å². The zero-order chi connectivity index (χ0) is 15.2. The molecule has 0 aliphatic rings. The lowest BCUT2D eigenvalue weighted by molar-refractivity contribution is 0.474. The van der Waals surface area contributed by atoms with Crippen LogP contribution >= 0.6 is 15.9 Å². The van der Waals surface area contributed by atoms with Crippen LogP contribution in [-0.4, -0.2) is 34.5 Å². The maximum Gasteiger partial charge on any atom is 0.194 e. The Morgan fingerprint density at radius 3 is 2.67 bits per heavy atom. The van der Waals surface area contributed by atoms with Crippen molar-refractivity contribution in [1.29, 1.82) is 0 Å². The number of hydrogen-bond acceptors (Lipinski definition) is 2. The molecule has 6 heteroatoms. The maximum atomic E-state index is 4.32. The van der Waals surface area contributed by atoms with Crippen molar-refractivity contribution >= 4 is 21.9 Å². The Hall–Kier alpha value is -1.82. The summed E-state index contributed by atoms with van der Waals surface area (Å²) in [5, 5.41) is 3.33. The predicted molar refractivity (Wildman–Crippen MR) is 89.0 cm³/mol. The third-order valence-corrected chi connectivity index (χ3v) is 3.76. The fraction of sp³-hybridized carbons (Fsp3) is 0.333. The van der Waals surface area contributed by atoms with Crippen molar-refractivity contribution in [2.45, 2.75) is 13.1 Å². The maximum absolute atomic E-state index is 4.32. The first-order valence-corrected chi connectivity index (χ1v) is 7.52. The minimum atomic E-state index is 0.654. The molecule has 0 fully saturated rings. The highest BCUT2D eigenvalue weighted by atomic mass is 79.9. The van der Waals surface area contributed by atoms with Crippen LogP contribution in [0.3, 0.4) is 0 Å². The summed E-state index contributed by atoms with van der Waals surface area (Å²) < 4.78 is 3.08. The number of aromatic nitrogens is 2. The fourth-order valence-electron chi connectivity index (χ4n) is 2.05. The molecule has 2 rings (SSSR count). The molecule has 5 nitrogen and oxygen atoms in total. The number of guanidine groups is 1. The van der Waals surface area contributed by atoms with Gasteiger partial charge >= 0.3 is 0 Å². The van der Waals surface area contributed by atoms with E-state index in [4.69, 9.17) is 0 Å². The van der Waals surface area contributed by atoms with Crippen LogP contribution < -0.4 is 5.32 Å². The lowest BCUT2D eigenvalue weighted by Crippen LogP contribution is -2.38. The van der Waals surface area contributed by atoms with Crippen LogP contribution in [-0.2, 0) is 20.1 Å². The van der Waals surface area contributed by atoms with Gasteiger partial charge in [0.25, 0.3) is 0 Å². The Morgan fingerprint density at radius 1 is 1.38 bits per heavy atom. The van der Waals surface area contributed by atoms with Crippen LogP contribution in [0.25, 0.3) is 0 Å². The lowest BCUT2D eigenvalue weighted by Gasteiger charge is -2.22. The van der Waals surface area contributed by atoms with E-state index >= 15 is 0 Å². The Bertz CT molecular complexity index is 603. The molecule has 1 N–H and O–H groups in total. The molecule has 1 heterocycles. The molecule has 0 aliphatic carbocycles. The zero-order valence-corrected chi connectivity index (χ0v) is 14.1. The quantitative estimate of drug-likeness (QED) is 0.680. The summed E-state index contributed by atoms with van der Waals surface area (Å²) >= 11 is 3.45. The summed E-state index contributed by atoms with van der Waals surface area (Å²) in [6.07, 6.45) is 3.73. The van der Waals surface area contributed by atoms with Crippen LogP contribution in [0.2, 0.25) is 0 Å². The summed E-state index contributed by atoms with van der Waals surface area (Å²) in [5.74, 6) is 1.83. The van der Waals surface area contributed by atoms with E-state index in [-0.39, 0.29) is 0 Å². The van der Waals surface area contributed by atoms with Gasteiger partial charge in [-0.15, -0.1) is 0 Å². The predicted octanol–water partition coefficient (Wildman–Crippen LogP) is 2.39. The largest absolute Gasteiger partial charge is 0.349 e. The molecular weight excluding hydrogens is 330 g/mol. The van der Waals surface area contributed by atoms with Crippen molar-refractivity contribution in [1.82, 2.24) is 19.8 Å². The second kappa shape index (κ2) is 7.26. The fourth-order valence-corrected chi connectivity index (χ4v) is 2.31. The Labute approximate surface area is 133 Å². The summed E-state index contributed by atoms with van der Waals surface area (Å²) in [7, 11) is 5.80. The summed E-state index contributed by atoms with van der Waals surface area (Å²) in [6, 6.07) is 8.31. The second-order valence-electron chi connectivity index (χ2n) is 4.84. The van der Waals surface area contributed by atoms with Crippen LogP contribution in [0.5, 0.6) is 0 Å². The van der Waals surface area contributed by atoms with Crippen molar-refractivity contribution in [2.24, 2.45) is 12.0 Å². The van der Waals surface area contributed by atoms with E-state index in [1.807, 2.05) is 37.0 Å². The van der Waals surface area contributed by atoms with Crippen molar-refractivity contribution in [3.05, 3.63) is 52.5 Å². The van der Waals surface area contributed by atoms with Gasteiger partial charge in [0.15, 0.2) is 5.96 Å². The molecule has 1 aromatic carbocycles. The minimum Gasteiger partial charge on any atom is -0.349 e. The number of imidazole rings is 1. The molecule has 1 aromatic heterocycles. The SMILES string of the molecule is CN=C(NCc1nccn1C)N(C)Cc1ccc(Br)cc1. The normalized spacial score (nSPS) is 11.5. The van der Waals surface area contributed by atoms with Crippen LogP contribution in [0.1, 0.15) is 11.4 Å². The van der Waals surface area contributed by atoms with Gasteiger partial charge in [0.05, 0.1) is 6.54 Å². The molecule has 0 saturated carbocycles. The molecule has 0 bridgehead atoms. The number of aliphatic imine (C=N–C) groups is 1.